The smallest absolute Gasteiger partial charge is 0.162 e. The summed E-state index contributed by atoms with van der Waals surface area (Å²) >= 11 is 5.81. The molecule has 1 aromatic rings. The quantitative estimate of drug-likeness (QED) is 0.766. The Labute approximate surface area is 101 Å². The summed E-state index contributed by atoms with van der Waals surface area (Å²) in [6.07, 6.45) is -1.98. The Bertz CT molecular complexity index is 459. The Balaban J connectivity index is 2.50. The summed E-state index contributed by atoms with van der Waals surface area (Å²) in [6.45, 7) is 1.93. The summed E-state index contributed by atoms with van der Waals surface area (Å²) in [5.41, 5.74) is 3.19. The van der Waals surface area contributed by atoms with E-state index < -0.39 is 6.34 Å². The van der Waals surface area contributed by atoms with Crippen LogP contribution < -0.4 is 10.7 Å². The zero-order valence-electron chi connectivity index (χ0n) is 9.58. The van der Waals surface area contributed by atoms with Gasteiger partial charge in [0.15, 0.2) is 6.34 Å². The van der Waals surface area contributed by atoms with Crippen LogP contribution in [0, 0.1) is 0 Å². The van der Waals surface area contributed by atoms with E-state index in [1.807, 2.05) is 48.8 Å². The van der Waals surface area contributed by atoms with E-state index in [4.69, 9.17) is 11.8 Å². The predicted molar refractivity (Wildman–Crippen MR) is 72.1 cm³/mol. The number of nitrogens with zero attached hydrogens (tertiary/aromatic N) is 3. The van der Waals surface area contributed by atoms with Gasteiger partial charge in [0.25, 0.3) is 0 Å². The molecule has 0 saturated carbocycles. The van der Waals surface area contributed by atoms with Gasteiger partial charge in [-0.05, 0) is 18.7 Å². The van der Waals surface area contributed by atoms with Gasteiger partial charge in [-0.3, -0.25) is 10.2 Å². The van der Waals surface area contributed by atoms with Crippen molar-refractivity contribution in [3.63, 3.8) is 0 Å². The zero-order valence-corrected chi connectivity index (χ0v) is 11.3. The van der Waals surface area contributed by atoms with Gasteiger partial charge in [0.2, 0.25) is 0 Å². The van der Waals surface area contributed by atoms with Crippen LogP contribution in [-0.2, 0) is 11.8 Å². The molecule has 16 heavy (non-hydrogen) atoms. The molecule has 1 aromatic carbocycles. The standard InChI is InChI=1S/C10H15N4PS/c1-9-11-13(2)15(16,14(3)12-9)10-7-5-4-6-8-10/h4-8H,1-3H3,(H,11,12). The maximum absolute atomic E-state index is 5.81. The van der Waals surface area contributed by atoms with Crippen LogP contribution in [0.5, 0.6) is 0 Å². The Hall–Kier alpha value is -0.900. The highest BCUT2D eigenvalue weighted by Crippen LogP contribution is 2.51. The third-order valence-electron chi connectivity index (χ3n) is 2.51. The molecule has 2 rings (SSSR count). The summed E-state index contributed by atoms with van der Waals surface area (Å²) in [5, 5.41) is 5.54. The van der Waals surface area contributed by atoms with Crippen LogP contribution >= 0.6 is 6.34 Å². The summed E-state index contributed by atoms with van der Waals surface area (Å²) in [5.74, 6) is 0.862. The van der Waals surface area contributed by atoms with Gasteiger partial charge in [-0.15, -0.1) is 0 Å². The van der Waals surface area contributed by atoms with Gasteiger partial charge in [-0.2, -0.15) is 9.88 Å². The highest BCUT2D eigenvalue weighted by Gasteiger charge is 2.32. The van der Waals surface area contributed by atoms with Crippen molar-refractivity contribution in [3.8, 4) is 0 Å². The van der Waals surface area contributed by atoms with Crippen LogP contribution in [0.3, 0.4) is 0 Å². The third kappa shape index (κ3) is 1.75. The Kier molecular flexibility index (Phi) is 3.02. The average molecular weight is 254 g/mol. The van der Waals surface area contributed by atoms with Gasteiger partial charge < -0.3 is 0 Å². The molecule has 0 aromatic heterocycles. The Morgan fingerprint density at radius 2 is 1.88 bits per heavy atom. The lowest BCUT2D eigenvalue weighted by molar-refractivity contribution is 0.415. The van der Waals surface area contributed by atoms with E-state index in [2.05, 4.69) is 22.7 Å². The highest BCUT2D eigenvalue weighted by molar-refractivity contribution is 8.15. The molecule has 1 aliphatic heterocycles. The predicted octanol–water partition coefficient (Wildman–Crippen LogP) is 1.34. The number of rotatable bonds is 1. The van der Waals surface area contributed by atoms with Crippen molar-refractivity contribution in [3.05, 3.63) is 30.3 Å². The monoisotopic (exact) mass is 254 g/mol. The molecule has 0 aliphatic carbocycles. The van der Waals surface area contributed by atoms with Crippen molar-refractivity contribution in [2.24, 2.45) is 5.10 Å². The minimum absolute atomic E-state index is 0.862. The first kappa shape index (κ1) is 11.6. The Morgan fingerprint density at radius 3 is 2.44 bits per heavy atom. The van der Waals surface area contributed by atoms with Crippen LogP contribution in [0.1, 0.15) is 6.92 Å². The number of amidine groups is 1. The van der Waals surface area contributed by atoms with Crippen molar-refractivity contribution < 1.29 is 0 Å². The fraction of sp³-hybridized carbons (Fsp3) is 0.300. The maximum Gasteiger partial charge on any atom is 0.162 e. The van der Waals surface area contributed by atoms with Crippen LogP contribution in [0.25, 0.3) is 0 Å². The molecule has 86 valence electrons. The number of hydrazone groups is 1. The van der Waals surface area contributed by atoms with Crippen molar-refractivity contribution >= 4 is 29.3 Å². The largest absolute Gasteiger partial charge is 0.300 e. The summed E-state index contributed by atoms with van der Waals surface area (Å²) < 4.78 is 3.91. The van der Waals surface area contributed by atoms with Gasteiger partial charge in [0, 0.05) is 19.4 Å². The zero-order chi connectivity index (χ0) is 11.8. The van der Waals surface area contributed by atoms with E-state index in [0.29, 0.717) is 0 Å². The Morgan fingerprint density at radius 1 is 1.25 bits per heavy atom. The van der Waals surface area contributed by atoms with Crippen LogP contribution in [0.15, 0.2) is 35.4 Å². The van der Waals surface area contributed by atoms with Crippen molar-refractivity contribution in [1.82, 2.24) is 15.0 Å². The second-order valence-electron chi connectivity index (χ2n) is 3.69. The lowest BCUT2D eigenvalue weighted by Crippen LogP contribution is -2.46. The van der Waals surface area contributed by atoms with Gasteiger partial charge >= 0.3 is 0 Å². The fourth-order valence-electron chi connectivity index (χ4n) is 1.76. The molecule has 1 N–H and O–H groups in total. The molecule has 0 unspecified atom stereocenters. The minimum Gasteiger partial charge on any atom is -0.300 e. The SMILES string of the molecule is CC1=NN(C)[P@](=S)(c2ccccc2)N(C)N1. The molecule has 0 saturated heterocycles. The van der Waals surface area contributed by atoms with Crippen LogP contribution in [0.2, 0.25) is 0 Å². The molecule has 0 bridgehead atoms. The van der Waals surface area contributed by atoms with Gasteiger partial charge in [0.05, 0.1) is 0 Å². The third-order valence-corrected chi connectivity index (χ3v) is 7.34. The summed E-state index contributed by atoms with van der Waals surface area (Å²) in [6, 6.07) is 10.1. The number of hydrazine groups is 1. The average Bonchev–Trinajstić information content (AvgIpc) is 2.27. The fourth-order valence-corrected chi connectivity index (χ4v) is 4.52. The molecule has 0 spiro atoms. The lowest BCUT2D eigenvalue weighted by Gasteiger charge is -2.41. The van der Waals surface area contributed by atoms with E-state index in [0.717, 1.165) is 11.1 Å². The van der Waals surface area contributed by atoms with Crippen molar-refractivity contribution in [2.45, 2.75) is 6.92 Å². The maximum atomic E-state index is 5.81. The molecule has 0 fully saturated rings. The van der Waals surface area contributed by atoms with E-state index in [9.17, 15) is 0 Å². The molecule has 0 amide bonds. The number of nitrogens with one attached hydrogen (secondary N) is 1. The molecule has 1 atom stereocenters. The van der Waals surface area contributed by atoms with Crippen molar-refractivity contribution in [2.75, 3.05) is 14.1 Å². The molecular formula is C10H15N4PS. The number of hydrogen-bond donors (Lipinski definition) is 1. The molecule has 6 heteroatoms. The number of hydrogen-bond acceptors (Lipinski definition) is 3. The van der Waals surface area contributed by atoms with E-state index in [1.54, 1.807) is 0 Å². The number of benzene rings is 1. The molecular weight excluding hydrogens is 239 g/mol. The lowest BCUT2D eigenvalue weighted by atomic mass is 10.4. The van der Waals surface area contributed by atoms with Gasteiger partial charge in [0.1, 0.15) is 5.84 Å². The molecule has 1 aliphatic rings. The minimum atomic E-state index is -1.98. The first-order chi connectivity index (χ1) is 7.55. The first-order valence-corrected chi connectivity index (χ1v) is 7.72. The van der Waals surface area contributed by atoms with Crippen LogP contribution in [-0.4, -0.2) is 29.5 Å². The molecule has 0 radical (unpaired) electrons. The van der Waals surface area contributed by atoms with Crippen LogP contribution in [0.4, 0.5) is 0 Å². The summed E-state index contributed by atoms with van der Waals surface area (Å²) in [7, 11) is 3.91. The van der Waals surface area contributed by atoms with Gasteiger partial charge in [-0.1, -0.05) is 30.3 Å². The molecule has 1 heterocycles. The van der Waals surface area contributed by atoms with E-state index in [1.165, 1.54) is 0 Å². The second kappa shape index (κ2) is 4.17. The van der Waals surface area contributed by atoms with Gasteiger partial charge in [-0.25, -0.2) is 0 Å². The topological polar surface area (TPSA) is 30.9 Å². The van der Waals surface area contributed by atoms with E-state index >= 15 is 0 Å². The highest BCUT2D eigenvalue weighted by atomic mass is 32.4. The second-order valence-corrected chi connectivity index (χ2v) is 8.00. The normalized spacial score (nSPS) is 26.2. The summed E-state index contributed by atoms with van der Waals surface area (Å²) in [4.78, 5) is 0. The molecule has 4 nitrogen and oxygen atoms in total. The van der Waals surface area contributed by atoms with Crippen molar-refractivity contribution in [1.29, 1.82) is 0 Å². The first-order valence-electron chi connectivity index (χ1n) is 5.01. The van der Waals surface area contributed by atoms with E-state index in [-0.39, 0.29) is 0 Å².